The van der Waals surface area contributed by atoms with Gasteiger partial charge in [-0.25, -0.2) is 0 Å². The molecule has 1 aromatic heterocycles. The van der Waals surface area contributed by atoms with Crippen LogP contribution in [0.1, 0.15) is 37.7 Å². The van der Waals surface area contributed by atoms with Crippen LogP contribution in [0.2, 0.25) is 0 Å². The lowest BCUT2D eigenvalue weighted by molar-refractivity contribution is 0.0827. The molecule has 0 bridgehead atoms. The van der Waals surface area contributed by atoms with Gasteiger partial charge in [0.15, 0.2) is 0 Å². The minimum Gasteiger partial charge on any atom is -0.345 e. The molecule has 1 N–H and O–H groups in total. The summed E-state index contributed by atoms with van der Waals surface area (Å²) in [6.45, 7) is 5.99. The summed E-state index contributed by atoms with van der Waals surface area (Å²) in [4.78, 5) is 26.6. The van der Waals surface area contributed by atoms with E-state index >= 15 is 0 Å². The Kier molecular flexibility index (Phi) is 5.36. The second-order valence-corrected chi connectivity index (χ2v) is 7.14. The number of hydrogen-bond donors (Lipinski definition) is 1. The number of benzene rings is 2. The van der Waals surface area contributed by atoms with E-state index in [1.165, 1.54) is 4.90 Å². The molecule has 3 rings (SSSR count). The van der Waals surface area contributed by atoms with Crippen molar-refractivity contribution in [3.05, 3.63) is 82.7 Å². The van der Waals surface area contributed by atoms with E-state index in [1.807, 2.05) is 38.1 Å². The molecule has 0 atom stereocenters. The van der Waals surface area contributed by atoms with Crippen LogP contribution in [-0.4, -0.2) is 35.4 Å². The molecule has 0 aliphatic heterocycles. The van der Waals surface area contributed by atoms with Crippen LogP contribution in [0.15, 0.2) is 54.6 Å². The van der Waals surface area contributed by atoms with Gasteiger partial charge in [-0.05, 0) is 56.7 Å². The summed E-state index contributed by atoms with van der Waals surface area (Å²) in [6.07, 6.45) is 0. The highest BCUT2D eigenvalue weighted by atomic mass is 16.2. The number of amides is 2. The maximum absolute atomic E-state index is 12.9. The van der Waals surface area contributed by atoms with Gasteiger partial charge in [-0.2, -0.15) is 0 Å². The van der Waals surface area contributed by atoms with Crippen molar-refractivity contribution < 1.29 is 9.59 Å². The largest absolute Gasteiger partial charge is 0.345 e. The Hall–Kier alpha value is -3.34. The van der Waals surface area contributed by atoms with Gasteiger partial charge < -0.3 is 14.8 Å². The lowest BCUT2D eigenvalue weighted by Gasteiger charge is -2.13. The highest BCUT2D eigenvalue weighted by molar-refractivity contribution is 6.06. The van der Waals surface area contributed by atoms with Gasteiger partial charge in [-0.3, -0.25) is 9.59 Å². The normalized spacial score (nSPS) is 10.6. The molecule has 144 valence electrons. The summed E-state index contributed by atoms with van der Waals surface area (Å²) >= 11 is 0. The van der Waals surface area contributed by atoms with Crippen LogP contribution in [0.5, 0.6) is 0 Å². The monoisotopic (exact) mass is 375 g/mol. The molecule has 0 aliphatic carbocycles. The Labute approximate surface area is 165 Å². The first kappa shape index (κ1) is 19.4. The van der Waals surface area contributed by atoms with Crippen molar-refractivity contribution in [3.8, 4) is 5.69 Å². The average Bonchev–Trinajstić information content (AvgIpc) is 2.96. The maximum Gasteiger partial charge on any atom is 0.257 e. The number of carbonyl (C=O) groups is 2. The van der Waals surface area contributed by atoms with Gasteiger partial charge in [0.25, 0.3) is 11.8 Å². The number of rotatable bonds is 4. The number of para-hydroxylation sites is 1. The third-order valence-corrected chi connectivity index (χ3v) is 4.81. The molecule has 2 aromatic carbocycles. The molecule has 1 heterocycles. The van der Waals surface area contributed by atoms with E-state index in [9.17, 15) is 9.59 Å². The fourth-order valence-electron chi connectivity index (χ4n) is 3.36. The zero-order chi connectivity index (χ0) is 20.4. The third kappa shape index (κ3) is 3.69. The predicted octanol–water partition coefficient (Wildman–Crippen LogP) is 4.36. The summed E-state index contributed by atoms with van der Waals surface area (Å²) in [5.74, 6) is -0.295. The third-order valence-electron chi connectivity index (χ3n) is 4.81. The average molecular weight is 375 g/mol. The molecule has 0 aliphatic rings. The second kappa shape index (κ2) is 7.72. The van der Waals surface area contributed by atoms with Crippen LogP contribution in [0, 0.1) is 20.8 Å². The summed E-state index contributed by atoms with van der Waals surface area (Å²) in [5, 5.41) is 2.92. The van der Waals surface area contributed by atoms with Crippen LogP contribution in [0.25, 0.3) is 5.69 Å². The molecule has 0 fully saturated rings. The molecule has 0 radical (unpaired) electrons. The number of carbonyl (C=O) groups excluding carboxylic acids is 2. The van der Waals surface area contributed by atoms with Crippen molar-refractivity contribution in [2.45, 2.75) is 20.8 Å². The highest BCUT2D eigenvalue weighted by Gasteiger charge is 2.18. The van der Waals surface area contributed by atoms with Crippen molar-refractivity contribution >= 4 is 17.5 Å². The summed E-state index contributed by atoms with van der Waals surface area (Å²) in [6, 6.07) is 17.0. The summed E-state index contributed by atoms with van der Waals surface area (Å²) in [7, 11) is 3.40. The molecule has 0 saturated carbocycles. The Morgan fingerprint density at radius 2 is 1.64 bits per heavy atom. The standard InChI is InChI=1S/C23H25N3O2/c1-15-9-6-7-12-21(15)26-16(2)13-20(17(26)3)22(27)24-19-11-8-10-18(14-19)23(28)25(4)5/h6-14H,1-5H3,(H,24,27). The van der Waals surface area contributed by atoms with Gasteiger partial charge in [0.1, 0.15) is 0 Å². The zero-order valence-electron chi connectivity index (χ0n) is 16.9. The highest BCUT2D eigenvalue weighted by Crippen LogP contribution is 2.24. The van der Waals surface area contributed by atoms with E-state index in [0.717, 1.165) is 22.6 Å². The fourth-order valence-corrected chi connectivity index (χ4v) is 3.36. The fraction of sp³-hybridized carbons (Fsp3) is 0.217. The molecular formula is C23H25N3O2. The number of nitrogens with one attached hydrogen (secondary N) is 1. The topological polar surface area (TPSA) is 54.3 Å². The second-order valence-electron chi connectivity index (χ2n) is 7.14. The molecule has 0 spiro atoms. The Balaban J connectivity index is 1.91. The van der Waals surface area contributed by atoms with Gasteiger partial charge in [-0.1, -0.05) is 24.3 Å². The molecular weight excluding hydrogens is 350 g/mol. The number of nitrogens with zero attached hydrogens (tertiary/aromatic N) is 2. The minimum absolute atomic E-state index is 0.103. The van der Waals surface area contributed by atoms with Crippen molar-refractivity contribution in [1.29, 1.82) is 0 Å². The molecule has 28 heavy (non-hydrogen) atoms. The van der Waals surface area contributed by atoms with Crippen LogP contribution in [-0.2, 0) is 0 Å². The van der Waals surface area contributed by atoms with E-state index in [-0.39, 0.29) is 11.8 Å². The molecule has 3 aromatic rings. The lowest BCUT2D eigenvalue weighted by atomic mass is 10.1. The van der Waals surface area contributed by atoms with Gasteiger partial charge in [0.2, 0.25) is 0 Å². The van der Waals surface area contributed by atoms with Crippen molar-refractivity contribution in [3.63, 3.8) is 0 Å². The van der Waals surface area contributed by atoms with Gasteiger partial charge >= 0.3 is 0 Å². The van der Waals surface area contributed by atoms with Crippen molar-refractivity contribution in [2.75, 3.05) is 19.4 Å². The number of aryl methyl sites for hydroxylation is 2. The van der Waals surface area contributed by atoms with E-state index in [4.69, 9.17) is 0 Å². The number of aromatic nitrogens is 1. The molecule has 5 nitrogen and oxygen atoms in total. The van der Waals surface area contributed by atoms with E-state index in [0.29, 0.717) is 16.8 Å². The van der Waals surface area contributed by atoms with Crippen LogP contribution >= 0.6 is 0 Å². The predicted molar refractivity (Wildman–Crippen MR) is 112 cm³/mol. The smallest absolute Gasteiger partial charge is 0.257 e. The van der Waals surface area contributed by atoms with E-state index in [2.05, 4.69) is 22.9 Å². The van der Waals surface area contributed by atoms with Crippen LogP contribution in [0.3, 0.4) is 0 Å². The quantitative estimate of drug-likeness (QED) is 0.737. The van der Waals surface area contributed by atoms with Gasteiger partial charge in [0.05, 0.1) is 5.56 Å². The van der Waals surface area contributed by atoms with Crippen LogP contribution < -0.4 is 5.32 Å². The number of hydrogen-bond acceptors (Lipinski definition) is 2. The first-order chi connectivity index (χ1) is 13.3. The molecule has 2 amide bonds. The maximum atomic E-state index is 12.9. The SMILES string of the molecule is Cc1ccccc1-n1c(C)cc(C(=O)Nc2cccc(C(=O)N(C)C)c2)c1C. The molecule has 0 unspecified atom stereocenters. The molecule has 5 heteroatoms. The van der Waals surface area contributed by atoms with Crippen molar-refractivity contribution in [2.24, 2.45) is 0 Å². The summed E-state index contributed by atoms with van der Waals surface area (Å²) < 4.78 is 2.09. The van der Waals surface area contributed by atoms with Gasteiger partial charge in [-0.15, -0.1) is 0 Å². The van der Waals surface area contributed by atoms with Crippen LogP contribution in [0.4, 0.5) is 5.69 Å². The Morgan fingerprint density at radius 1 is 0.929 bits per heavy atom. The van der Waals surface area contributed by atoms with E-state index < -0.39 is 0 Å². The first-order valence-electron chi connectivity index (χ1n) is 9.17. The minimum atomic E-state index is -0.192. The summed E-state index contributed by atoms with van der Waals surface area (Å²) in [5.41, 5.74) is 5.83. The van der Waals surface area contributed by atoms with E-state index in [1.54, 1.807) is 38.4 Å². The van der Waals surface area contributed by atoms with Gasteiger partial charge in [0, 0.05) is 42.4 Å². The Morgan fingerprint density at radius 3 is 2.32 bits per heavy atom. The zero-order valence-corrected chi connectivity index (χ0v) is 16.9. The first-order valence-corrected chi connectivity index (χ1v) is 9.17. The lowest BCUT2D eigenvalue weighted by Crippen LogP contribution is -2.22. The number of anilines is 1. The Bertz CT molecular complexity index is 1050. The molecule has 0 saturated heterocycles. The van der Waals surface area contributed by atoms with Crippen molar-refractivity contribution in [1.82, 2.24) is 9.47 Å².